The van der Waals surface area contributed by atoms with Crippen LogP contribution in [-0.2, 0) is 0 Å². The molecular formula is C17H10Br4O4. The minimum atomic E-state index is -1.02. The van der Waals surface area contributed by atoms with E-state index in [-0.39, 0.29) is 11.1 Å². The molecule has 2 aromatic carbocycles. The second-order valence-corrected chi connectivity index (χ2v) is 8.53. The van der Waals surface area contributed by atoms with Crippen molar-refractivity contribution in [2.75, 3.05) is 0 Å². The zero-order chi connectivity index (χ0) is 18.9. The Morgan fingerprint density at radius 3 is 1.52 bits per heavy atom. The first kappa shape index (κ1) is 20.4. The number of halogens is 4. The number of aromatic carboxylic acids is 2. The van der Waals surface area contributed by atoms with Gasteiger partial charge in [-0.3, -0.25) is 0 Å². The molecule has 0 fully saturated rings. The van der Waals surface area contributed by atoms with Crippen molar-refractivity contribution in [3.63, 3.8) is 0 Å². The van der Waals surface area contributed by atoms with E-state index < -0.39 is 11.9 Å². The van der Waals surface area contributed by atoms with Gasteiger partial charge in [-0.2, -0.15) is 0 Å². The number of hydrogen-bond acceptors (Lipinski definition) is 2. The van der Waals surface area contributed by atoms with Crippen LogP contribution >= 0.6 is 63.7 Å². The molecule has 2 aromatic rings. The minimum absolute atomic E-state index is 0.158. The molecule has 4 nitrogen and oxygen atoms in total. The number of carboxylic acid groups (broad SMARTS) is 2. The fraction of sp³-hybridized carbons (Fsp3) is 0.0588. The molecule has 0 aliphatic carbocycles. The van der Waals surface area contributed by atoms with Gasteiger partial charge in [0, 0.05) is 17.9 Å². The molecule has 0 saturated carbocycles. The van der Waals surface area contributed by atoms with E-state index in [4.69, 9.17) is 0 Å². The third kappa shape index (κ3) is 4.61. The lowest BCUT2D eigenvalue weighted by Gasteiger charge is -2.09. The fourth-order valence-corrected chi connectivity index (χ4v) is 5.31. The highest BCUT2D eigenvalue weighted by atomic mass is 79.9. The maximum absolute atomic E-state index is 11.2. The van der Waals surface area contributed by atoms with Crippen molar-refractivity contribution in [3.05, 3.63) is 64.4 Å². The van der Waals surface area contributed by atoms with Crippen molar-refractivity contribution in [1.82, 2.24) is 0 Å². The molecule has 0 aromatic heterocycles. The van der Waals surface area contributed by atoms with Crippen LogP contribution in [0.5, 0.6) is 0 Å². The third-order valence-electron chi connectivity index (χ3n) is 3.37. The lowest BCUT2D eigenvalue weighted by atomic mass is 10.0. The predicted octanol–water partition coefficient (Wildman–Crippen LogP) is 6.69. The number of rotatable bonds is 4. The van der Waals surface area contributed by atoms with Crippen LogP contribution in [0.2, 0.25) is 0 Å². The van der Waals surface area contributed by atoms with Crippen molar-refractivity contribution in [2.45, 2.75) is 6.92 Å². The Bertz CT molecular complexity index is 873. The van der Waals surface area contributed by atoms with E-state index in [1.165, 1.54) is 0 Å². The summed E-state index contributed by atoms with van der Waals surface area (Å²) in [6, 6.07) is 6.90. The van der Waals surface area contributed by atoms with Crippen molar-refractivity contribution < 1.29 is 19.8 Å². The molecule has 2 N–H and O–H groups in total. The number of carboxylic acids is 2. The van der Waals surface area contributed by atoms with E-state index in [0.29, 0.717) is 17.9 Å². The molecular weight excluding hydrogens is 588 g/mol. The van der Waals surface area contributed by atoms with Crippen LogP contribution in [0.25, 0.3) is 11.6 Å². The van der Waals surface area contributed by atoms with Gasteiger partial charge in [0.1, 0.15) is 0 Å². The van der Waals surface area contributed by atoms with Crippen LogP contribution in [-0.4, -0.2) is 22.2 Å². The van der Waals surface area contributed by atoms with Gasteiger partial charge in [-0.15, -0.1) is 0 Å². The van der Waals surface area contributed by atoms with Crippen LogP contribution in [0.15, 0.2) is 42.2 Å². The molecule has 0 aliphatic rings. The zero-order valence-corrected chi connectivity index (χ0v) is 19.0. The average molecular weight is 598 g/mol. The van der Waals surface area contributed by atoms with Gasteiger partial charge in [0.2, 0.25) is 0 Å². The van der Waals surface area contributed by atoms with Crippen molar-refractivity contribution >= 4 is 87.3 Å². The van der Waals surface area contributed by atoms with Gasteiger partial charge in [-0.05, 0) is 112 Å². The van der Waals surface area contributed by atoms with Gasteiger partial charge in [-0.1, -0.05) is 6.08 Å². The topological polar surface area (TPSA) is 74.6 Å². The number of allylic oxidation sites excluding steroid dienone is 1. The molecule has 0 radical (unpaired) electrons. The SMILES string of the molecule is C/C(=C\c1cc(Br)c(C(=O)O)c(Br)c1)c1cc(Br)c(C(=O)O)c(Br)c1. The summed E-state index contributed by atoms with van der Waals surface area (Å²) >= 11 is 13.1. The van der Waals surface area contributed by atoms with Crippen molar-refractivity contribution in [3.8, 4) is 0 Å². The molecule has 2 rings (SSSR count). The van der Waals surface area contributed by atoms with E-state index in [0.717, 1.165) is 16.7 Å². The molecule has 0 atom stereocenters. The standard InChI is InChI=1S/C17H10Br4O4/c1-7(9-5-12(20)15(17(24)25)13(21)6-9)2-8-3-10(18)14(16(22)23)11(19)4-8/h2-6H,1H3,(H,22,23)(H,24,25)/b7-2+. The summed E-state index contributed by atoms with van der Waals surface area (Å²) < 4.78 is 1.88. The van der Waals surface area contributed by atoms with Crippen molar-refractivity contribution in [2.24, 2.45) is 0 Å². The number of carbonyl (C=O) groups is 2. The van der Waals surface area contributed by atoms with E-state index in [9.17, 15) is 19.8 Å². The molecule has 0 unspecified atom stereocenters. The summed E-state index contributed by atoms with van der Waals surface area (Å²) in [5.74, 6) is -2.05. The highest BCUT2D eigenvalue weighted by Gasteiger charge is 2.16. The van der Waals surface area contributed by atoms with Crippen LogP contribution < -0.4 is 0 Å². The second-order valence-electron chi connectivity index (χ2n) is 5.11. The van der Waals surface area contributed by atoms with Gasteiger partial charge >= 0.3 is 11.9 Å². The normalized spacial score (nSPS) is 11.5. The first-order chi connectivity index (χ1) is 11.6. The molecule has 0 heterocycles. The van der Waals surface area contributed by atoms with Gasteiger partial charge in [0.25, 0.3) is 0 Å². The molecule has 130 valence electrons. The highest BCUT2D eigenvalue weighted by molar-refractivity contribution is 9.11. The average Bonchev–Trinajstić information content (AvgIpc) is 2.44. The Morgan fingerprint density at radius 2 is 1.16 bits per heavy atom. The zero-order valence-electron chi connectivity index (χ0n) is 12.6. The third-order valence-corrected chi connectivity index (χ3v) is 5.87. The quantitative estimate of drug-likeness (QED) is 0.385. The largest absolute Gasteiger partial charge is 0.478 e. The van der Waals surface area contributed by atoms with Gasteiger partial charge < -0.3 is 10.2 Å². The molecule has 25 heavy (non-hydrogen) atoms. The van der Waals surface area contributed by atoms with E-state index in [1.807, 2.05) is 13.0 Å². The lowest BCUT2D eigenvalue weighted by molar-refractivity contribution is 0.0684. The molecule has 0 aliphatic heterocycles. The smallest absolute Gasteiger partial charge is 0.337 e. The van der Waals surface area contributed by atoms with Crippen LogP contribution in [0.4, 0.5) is 0 Å². The Kier molecular flexibility index (Phi) is 6.64. The van der Waals surface area contributed by atoms with E-state index in [2.05, 4.69) is 63.7 Å². The van der Waals surface area contributed by atoms with Crippen LogP contribution in [0, 0.1) is 0 Å². The Labute approximate surface area is 177 Å². The Balaban J connectivity index is 2.50. The number of benzene rings is 2. The van der Waals surface area contributed by atoms with Crippen LogP contribution in [0.1, 0.15) is 38.8 Å². The van der Waals surface area contributed by atoms with Gasteiger partial charge in [0.05, 0.1) is 11.1 Å². The van der Waals surface area contributed by atoms with Gasteiger partial charge in [-0.25, -0.2) is 9.59 Å². The lowest BCUT2D eigenvalue weighted by Crippen LogP contribution is -2.00. The summed E-state index contributed by atoms with van der Waals surface area (Å²) in [5, 5.41) is 18.4. The predicted molar refractivity (Wildman–Crippen MR) is 111 cm³/mol. The molecule has 0 amide bonds. The summed E-state index contributed by atoms with van der Waals surface area (Å²) in [7, 11) is 0. The summed E-state index contributed by atoms with van der Waals surface area (Å²) in [6.45, 7) is 1.89. The minimum Gasteiger partial charge on any atom is -0.478 e. The van der Waals surface area contributed by atoms with Gasteiger partial charge in [0.15, 0.2) is 0 Å². The van der Waals surface area contributed by atoms with Crippen LogP contribution in [0.3, 0.4) is 0 Å². The fourth-order valence-electron chi connectivity index (χ4n) is 2.22. The summed E-state index contributed by atoms with van der Waals surface area (Å²) in [6.07, 6.45) is 1.88. The monoisotopic (exact) mass is 594 g/mol. The summed E-state index contributed by atoms with van der Waals surface area (Å²) in [5.41, 5.74) is 2.84. The first-order valence-electron chi connectivity index (χ1n) is 6.75. The Hall–Kier alpha value is -0.960. The maximum Gasteiger partial charge on any atom is 0.337 e. The molecule has 8 heteroatoms. The maximum atomic E-state index is 11.2. The molecule has 0 spiro atoms. The van der Waals surface area contributed by atoms with E-state index in [1.54, 1.807) is 24.3 Å². The highest BCUT2D eigenvalue weighted by Crippen LogP contribution is 2.32. The first-order valence-corrected chi connectivity index (χ1v) is 9.92. The van der Waals surface area contributed by atoms with Crippen molar-refractivity contribution in [1.29, 1.82) is 0 Å². The number of hydrogen-bond donors (Lipinski definition) is 2. The molecule has 0 bridgehead atoms. The Morgan fingerprint density at radius 1 is 0.800 bits per heavy atom. The second kappa shape index (κ2) is 8.16. The summed E-state index contributed by atoms with van der Waals surface area (Å²) in [4.78, 5) is 22.5. The molecule has 0 saturated heterocycles. The van der Waals surface area contributed by atoms with E-state index >= 15 is 0 Å².